The van der Waals surface area contributed by atoms with Crippen LogP contribution >= 0.6 is 15.9 Å². The van der Waals surface area contributed by atoms with Crippen LogP contribution in [0.2, 0.25) is 0 Å². The molecule has 0 radical (unpaired) electrons. The average Bonchev–Trinajstić information content (AvgIpc) is 2.25. The van der Waals surface area contributed by atoms with Gasteiger partial charge in [-0.1, -0.05) is 28.1 Å². The van der Waals surface area contributed by atoms with Crippen LogP contribution in [0.15, 0.2) is 47.3 Å². The van der Waals surface area contributed by atoms with Crippen molar-refractivity contribution >= 4 is 15.9 Å². The Bertz CT molecular complexity index is 528. The molecule has 0 saturated carbocycles. The van der Waals surface area contributed by atoms with Gasteiger partial charge < -0.3 is 0 Å². The van der Waals surface area contributed by atoms with Crippen molar-refractivity contribution in [3.63, 3.8) is 0 Å². The zero-order chi connectivity index (χ0) is 11.7. The summed E-state index contributed by atoms with van der Waals surface area (Å²) in [6.45, 7) is 0. The maximum absolute atomic E-state index is 7.61. The first-order valence-corrected chi connectivity index (χ1v) is 4.45. The highest BCUT2D eigenvalue weighted by atomic mass is 79.9. The zero-order valence-corrected chi connectivity index (χ0v) is 8.17. The van der Waals surface area contributed by atoms with Crippen LogP contribution in [0.4, 0.5) is 0 Å². The molecule has 2 aromatic rings. The van der Waals surface area contributed by atoms with Crippen molar-refractivity contribution in [2.75, 3.05) is 0 Å². The van der Waals surface area contributed by atoms with Gasteiger partial charge in [0.25, 0.3) is 0 Å². The summed E-state index contributed by atoms with van der Waals surface area (Å²) in [6, 6.07) is 7.23. The van der Waals surface area contributed by atoms with Crippen LogP contribution < -0.4 is 0 Å². The molecule has 0 fully saturated rings. The molecule has 1 aromatic heterocycles. The maximum Gasteiger partial charge on any atom is 0.0885 e. The minimum atomic E-state index is -0.272. The Kier molecular flexibility index (Phi) is 1.55. The summed E-state index contributed by atoms with van der Waals surface area (Å²) in [5, 5.41) is 0. The second-order valence-electron chi connectivity index (χ2n) is 2.41. The largest absolute Gasteiger partial charge is 0.261 e. The topological polar surface area (TPSA) is 25.8 Å². The lowest BCUT2D eigenvalue weighted by atomic mass is 10.2. The number of halogens is 1. The van der Waals surface area contributed by atoms with Gasteiger partial charge in [0, 0.05) is 22.4 Å². The van der Waals surface area contributed by atoms with Gasteiger partial charge in [-0.3, -0.25) is 9.97 Å². The van der Waals surface area contributed by atoms with Crippen molar-refractivity contribution in [3.05, 3.63) is 47.3 Å². The first-order chi connectivity index (χ1) is 7.58. The molecule has 0 aliphatic heterocycles. The Morgan fingerprint density at radius 2 is 1.92 bits per heavy atom. The monoisotopic (exact) mass is 237 g/mol. The van der Waals surface area contributed by atoms with Gasteiger partial charge in [0.2, 0.25) is 0 Å². The van der Waals surface area contributed by atoms with Crippen LogP contribution in [-0.4, -0.2) is 9.97 Å². The first kappa shape index (κ1) is 5.50. The van der Waals surface area contributed by atoms with E-state index in [0.29, 0.717) is 11.3 Å². The van der Waals surface area contributed by atoms with Gasteiger partial charge in [0.15, 0.2) is 0 Å². The van der Waals surface area contributed by atoms with E-state index in [0.717, 1.165) is 4.47 Å². The highest BCUT2D eigenvalue weighted by Gasteiger charge is 1.96. The van der Waals surface area contributed by atoms with Gasteiger partial charge >= 0.3 is 0 Å². The molecule has 13 heavy (non-hydrogen) atoms. The molecule has 0 spiro atoms. The number of hydrogen-bond acceptors (Lipinski definition) is 2. The Balaban J connectivity index is 2.56. The number of benzene rings is 1. The minimum absolute atomic E-state index is 0.0803. The number of aromatic nitrogens is 2. The van der Waals surface area contributed by atoms with E-state index < -0.39 is 0 Å². The van der Waals surface area contributed by atoms with E-state index in [9.17, 15) is 0 Å². The first-order valence-electron chi connectivity index (χ1n) is 5.15. The molecule has 0 atom stereocenters. The Hall–Kier alpha value is -1.22. The summed E-state index contributed by atoms with van der Waals surface area (Å²) in [7, 11) is 0. The molecule has 1 heterocycles. The summed E-state index contributed by atoms with van der Waals surface area (Å²) in [4.78, 5) is 7.53. The van der Waals surface area contributed by atoms with Gasteiger partial charge in [-0.25, -0.2) is 0 Å². The molecular weight excluding hydrogens is 228 g/mol. The van der Waals surface area contributed by atoms with Crippen LogP contribution in [0.3, 0.4) is 0 Å². The molecule has 64 valence electrons. The standard InChI is InChI=1S/C10H7BrN2/c11-9-3-1-8(2-4-9)10-7-12-5-6-13-10/h1-7H/i5D,6D,7D. The highest BCUT2D eigenvalue weighted by Crippen LogP contribution is 2.18. The van der Waals surface area contributed by atoms with Crippen LogP contribution in [0.25, 0.3) is 11.3 Å². The van der Waals surface area contributed by atoms with Crippen molar-refractivity contribution in [1.29, 1.82) is 0 Å². The molecule has 0 N–H and O–H groups in total. The molecular formula is C10H7BrN2. The molecule has 0 bridgehead atoms. The third kappa shape index (κ3) is 1.92. The van der Waals surface area contributed by atoms with Gasteiger partial charge in [0.05, 0.1) is 16.0 Å². The Morgan fingerprint density at radius 3 is 2.69 bits per heavy atom. The Morgan fingerprint density at radius 1 is 1.15 bits per heavy atom. The highest BCUT2D eigenvalue weighted by molar-refractivity contribution is 9.10. The van der Waals surface area contributed by atoms with Gasteiger partial charge in [-0.2, -0.15) is 0 Å². The fraction of sp³-hybridized carbons (Fsp3) is 0. The predicted octanol–water partition coefficient (Wildman–Crippen LogP) is 2.91. The second-order valence-corrected chi connectivity index (χ2v) is 3.33. The zero-order valence-electron chi connectivity index (χ0n) is 9.58. The van der Waals surface area contributed by atoms with Crippen LogP contribution in [0.1, 0.15) is 4.11 Å². The number of hydrogen-bond donors (Lipinski definition) is 0. The molecule has 1 aromatic carbocycles. The van der Waals surface area contributed by atoms with E-state index in [1.54, 1.807) is 12.1 Å². The van der Waals surface area contributed by atoms with E-state index in [4.69, 9.17) is 4.11 Å². The Labute approximate surface area is 89.0 Å². The van der Waals surface area contributed by atoms with E-state index in [1.807, 2.05) is 12.1 Å². The van der Waals surface area contributed by atoms with E-state index >= 15 is 0 Å². The second kappa shape index (κ2) is 3.66. The number of rotatable bonds is 1. The molecule has 0 saturated heterocycles. The summed E-state index contributed by atoms with van der Waals surface area (Å²) in [6.07, 6.45) is -0.567. The van der Waals surface area contributed by atoms with Gasteiger partial charge in [0.1, 0.15) is 0 Å². The summed E-state index contributed by atoms with van der Waals surface area (Å²) >= 11 is 3.31. The molecule has 0 amide bonds. The smallest absolute Gasteiger partial charge is 0.0885 e. The molecule has 0 unspecified atom stereocenters. The lowest BCUT2D eigenvalue weighted by Gasteiger charge is -1.98. The number of nitrogens with zero attached hydrogens (tertiary/aromatic N) is 2. The fourth-order valence-corrected chi connectivity index (χ4v) is 1.21. The van der Waals surface area contributed by atoms with Crippen LogP contribution in [-0.2, 0) is 0 Å². The summed E-state index contributed by atoms with van der Waals surface area (Å²) < 4.78 is 23.2. The lowest BCUT2D eigenvalue weighted by Crippen LogP contribution is -1.82. The van der Waals surface area contributed by atoms with Crippen LogP contribution in [0, 0.1) is 0 Å². The molecule has 3 heteroatoms. The maximum atomic E-state index is 7.61. The predicted molar refractivity (Wildman–Crippen MR) is 55.2 cm³/mol. The van der Waals surface area contributed by atoms with Crippen LogP contribution in [0.5, 0.6) is 0 Å². The quantitative estimate of drug-likeness (QED) is 0.763. The fourth-order valence-electron chi connectivity index (χ4n) is 0.949. The SMILES string of the molecule is [2H]c1nc([2H])c(-c2ccc(Br)cc2)nc1[2H]. The average molecular weight is 238 g/mol. The van der Waals surface area contributed by atoms with E-state index in [-0.39, 0.29) is 18.5 Å². The van der Waals surface area contributed by atoms with E-state index in [1.165, 1.54) is 0 Å². The summed E-state index contributed by atoms with van der Waals surface area (Å²) in [5.74, 6) is 0. The molecule has 0 aliphatic rings. The summed E-state index contributed by atoms with van der Waals surface area (Å²) in [5.41, 5.74) is 1.04. The third-order valence-corrected chi connectivity index (χ3v) is 2.08. The molecule has 2 rings (SSSR count). The molecule has 0 aliphatic carbocycles. The third-order valence-electron chi connectivity index (χ3n) is 1.55. The van der Waals surface area contributed by atoms with Gasteiger partial charge in [-0.05, 0) is 12.1 Å². The molecule has 2 nitrogen and oxygen atoms in total. The van der Waals surface area contributed by atoms with Crippen molar-refractivity contribution in [2.24, 2.45) is 0 Å². The van der Waals surface area contributed by atoms with Crippen molar-refractivity contribution in [2.45, 2.75) is 0 Å². The lowest BCUT2D eigenvalue weighted by molar-refractivity contribution is 1.21. The van der Waals surface area contributed by atoms with Crippen molar-refractivity contribution in [1.82, 2.24) is 9.97 Å². The van der Waals surface area contributed by atoms with E-state index in [2.05, 4.69) is 25.9 Å². The normalized spacial score (nSPS) is 13.2. The van der Waals surface area contributed by atoms with Crippen molar-refractivity contribution in [3.8, 4) is 11.3 Å². The minimum Gasteiger partial charge on any atom is -0.261 e. The van der Waals surface area contributed by atoms with Crippen molar-refractivity contribution < 1.29 is 4.11 Å². The van der Waals surface area contributed by atoms with Gasteiger partial charge in [-0.15, -0.1) is 0 Å².